The summed E-state index contributed by atoms with van der Waals surface area (Å²) >= 11 is 0. The molecule has 0 aromatic heterocycles. The van der Waals surface area contributed by atoms with Crippen LogP contribution in [-0.2, 0) is 10.0 Å². The molecule has 19 heavy (non-hydrogen) atoms. The van der Waals surface area contributed by atoms with Gasteiger partial charge in [-0.15, -0.1) is 0 Å². The van der Waals surface area contributed by atoms with E-state index in [9.17, 15) is 23.3 Å². The van der Waals surface area contributed by atoms with Gasteiger partial charge < -0.3 is 5.11 Å². The van der Waals surface area contributed by atoms with Crippen LogP contribution < -0.4 is 4.31 Å². The lowest BCUT2D eigenvalue weighted by Crippen LogP contribution is -2.26. The van der Waals surface area contributed by atoms with Crippen molar-refractivity contribution < 1.29 is 23.2 Å². The van der Waals surface area contributed by atoms with Crippen molar-refractivity contribution in [1.29, 1.82) is 0 Å². The van der Waals surface area contributed by atoms with E-state index in [-0.39, 0.29) is 23.5 Å². The van der Waals surface area contributed by atoms with Crippen LogP contribution in [0.15, 0.2) is 18.2 Å². The van der Waals surface area contributed by atoms with Gasteiger partial charge in [-0.25, -0.2) is 13.2 Å². The van der Waals surface area contributed by atoms with Gasteiger partial charge in [0, 0.05) is 12.6 Å². The molecule has 0 unspecified atom stereocenters. The normalized spacial score (nSPS) is 17.4. The van der Waals surface area contributed by atoms with E-state index in [0.717, 1.165) is 22.5 Å². The Kier molecular flexibility index (Phi) is 3.14. The summed E-state index contributed by atoms with van der Waals surface area (Å²) in [5, 5.41) is 19.8. The number of nitro benzene ring substituents is 1. The minimum Gasteiger partial charge on any atom is -0.478 e. The maximum atomic E-state index is 11.7. The number of benzene rings is 1. The molecule has 1 aromatic rings. The molecule has 0 radical (unpaired) electrons. The van der Waals surface area contributed by atoms with E-state index in [2.05, 4.69) is 0 Å². The summed E-state index contributed by atoms with van der Waals surface area (Å²) in [7, 11) is -3.55. The Hall–Kier alpha value is -2.16. The average Bonchev–Trinajstić information content (AvgIpc) is 2.67. The average molecular weight is 286 g/mol. The number of anilines is 1. The first kappa shape index (κ1) is 13.3. The van der Waals surface area contributed by atoms with Crippen LogP contribution in [0.1, 0.15) is 16.8 Å². The monoisotopic (exact) mass is 286 g/mol. The van der Waals surface area contributed by atoms with Crippen molar-refractivity contribution in [2.24, 2.45) is 0 Å². The molecule has 8 nitrogen and oxygen atoms in total. The Morgan fingerprint density at radius 1 is 1.42 bits per heavy atom. The summed E-state index contributed by atoms with van der Waals surface area (Å²) < 4.78 is 24.4. The Labute approximate surface area is 108 Å². The van der Waals surface area contributed by atoms with E-state index in [1.54, 1.807) is 0 Å². The van der Waals surface area contributed by atoms with Crippen molar-refractivity contribution in [3.05, 3.63) is 33.9 Å². The predicted octanol–water partition coefficient (Wildman–Crippen LogP) is 0.833. The molecule has 1 aliphatic rings. The van der Waals surface area contributed by atoms with E-state index in [1.807, 2.05) is 0 Å². The third-order valence-corrected chi connectivity index (χ3v) is 4.64. The molecule has 0 saturated carbocycles. The summed E-state index contributed by atoms with van der Waals surface area (Å²) in [4.78, 5) is 21.0. The second-order valence-corrected chi connectivity index (χ2v) is 6.02. The summed E-state index contributed by atoms with van der Waals surface area (Å²) in [6, 6.07) is 3.18. The molecule has 0 atom stereocenters. The predicted molar refractivity (Wildman–Crippen MR) is 65.8 cm³/mol. The lowest BCUT2D eigenvalue weighted by Gasteiger charge is -2.16. The van der Waals surface area contributed by atoms with E-state index in [1.165, 1.54) is 0 Å². The zero-order valence-electron chi connectivity index (χ0n) is 9.64. The molecule has 1 aliphatic heterocycles. The molecule has 1 heterocycles. The van der Waals surface area contributed by atoms with E-state index in [4.69, 9.17) is 5.11 Å². The summed E-state index contributed by atoms with van der Waals surface area (Å²) in [6.45, 7) is 0.162. The highest BCUT2D eigenvalue weighted by molar-refractivity contribution is 7.93. The van der Waals surface area contributed by atoms with Gasteiger partial charge in [0.25, 0.3) is 5.69 Å². The van der Waals surface area contributed by atoms with Crippen LogP contribution in [0, 0.1) is 10.1 Å². The summed E-state index contributed by atoms with van der Waals surface area (Å²) in [6.07, 6.45) is 0.389. The summed E-state index contributed by atoms with van der Waals surface area (Å²) in [5.41, 5.74) is -0.870. The highest BCUT2D eigenvalue weighted by atomic mass is 32.2. The van der Waals surface area contributed by atoms with Crippen LogP contribution in [0.25, 0.3) is 0 Å². The molecule has 1 aromatic carbocycles. The highest BCUT2D eigenvalue weighted by Crippen LogP contribution is 2.33. The minimum absolute atomic E-state index is 0.0646. The maximum absolute atomic E-state index is 11.7. The number of hydrogen-bond donors (Lipinski definition) is 1. The quantitative estimate of drug-likeness (QED) is 0.649. The Morgan fingerprint density at radius 2 is 2.11 bits per heavy atom. The molecular formula is C10H10N2O6S. The maximum Gasteiger partial charge on any atom is 0.335 e. The second kappa shape index (κ2) is 4.50. The number of carbonyl (C=O) groups is 1. The van der Waals surface area contributed by atoms with Crippen LogP contribution in [0.5, 0.6) is 0 Å². The fourth-order valence-corrected chi connectivity index (χ4v) is 3.50. The van der Waals surface area contributed by atoms with Crippen molar-refractivity contribution in [1.82, 2.24) is 0 Å². The van der Waals surface area contributed by atoms with Gasteiger partial charge in [0.15, 0.2) is 0 Å². The lowest BCUT2D eigenvalue weighted by atomic mass is 10.1. The third-order valence-electron chi connectivity index (χ3n) is 2.79. The molecule has 9 heteroatoms. The molecule has 102 valence electrons. The molecule has 1 N–H and O–H groups in total. The Bertz CT molecular complexity index is 654. The van der Waals surface area contributed by atoms with Crippen LogP contribution in [0.3, 0.4) is 0 Å². The van der Waals surface area contributed by atoms with Gasteiger partial charge in [0.1, 0.15) is 5.69 Å². The van der Waals surface area contributed by atoms with Gasteiger partial charge in [-0.3, -0.25) is 14.4 Å². The van der Waals surface area contributed by atoms with Gasteiger partial charge >= 0.3 is 5.97 Å². The van der Waals surface area contributed by atoms with E-state index < -0.39 is 26.6 Å². The molecular weight excluding hydrogens is 276 g/mol. The fourth-order valence-electron chi connectivity index (χ4n) is 1.92. The number of sulfonamides is 1. The van der Waals surface area contributed by atoms with Gasteiger partial charge in [0.2, 0.25) is 10.0 Å². The Balaban J connectivity index is 2.58. The molecule has 0 spiro atoms. The number of carboxylic acid groups (broad SMARTS) is 1. The third kappa shape index (κ3) is 2.36. The van der Waals surface area contributed by atoms with Crippen molar-refractivity contribution in [2.75, 3.05) is 16.6 Å². The smallest absolute Gasteiger partial charge is 0.335 e. The van der Waals surface area contributed by atoms with Crippen molar-refractivity contribution in [3.8, 4) is 0 Å². The number of carboxylic acids is 1. The number of hydrogen-bond acceptors (Lipinski definition) is 5. The molecule has 0 amide bonds. The van der Waals surface area contributed by atoms with Crippen LogP contribution >= 0.6 is 0 Å². The molecule has 2 rings (SSSR count). The van der Waals surface area contributed by atoms with E-state index in [0.29, 0.717) is 6.42 Å². The molecule has 0 bridgehead atoms. The number of nitrogens with zero attached hydrogens (tertiary/aromatic N) is 2. The molecule has 0 aliphatic carbocycles. The first-order valence-corrected chi connectivity index (χ1v) is 6.96. The van der Waals surface area contributed by atoms with Crippen molar-refractivity contribution >= 4 is 27.4 Å². The van der Waals surface area contributed by atoms with Crippen LogP contribution in [0.4, 0.5) is 11.4 Å². The largest absolute Gasteiger partial charge is 0.478 e. The first-order valence-electron chi connectivity index (χ1n) is 5.35. The Morgan fingerprint density at radius 3 is 2.58 bits per heavy atom. The van der Waals surface area contributed by atoms with Crippen molar-refractivity contribution in [3.63, 3.8) is 0 Å². The topological polar surface area (TPSA) is 118 Å². The zero-order valence-corrected chi connectivity index (χ0v) is 10.5. The van der Waals surface area contributed by atoms with Crippen molar-refractivity contribution in [2.45, 2.75) is 6.42 Å². The van der Waals surface area contributed by atoms with E-state index >= 15 is 0 Å². The fraction of sp³-hybridized carbons (Fsp3) is 0.300. The summed E-state index contributed by atoms with van der Waals surface area (Å²) in [5.74, 6) is -1.37. The lowest BCUT2D eigenvalue weighted by molar-refractivity contribution is -0.384. The van der Waals surface area contributed by atoms with Gasteiger partial charge in [-0.1, -0.05) is 0 Å². The van der Waals surface area contributed by atoms with Crippen LogP contribution in [-0.4, -0.2) is 36.7 Å². The SMILES string of the molecule is O=C(O)c1ccc(N2CCCS2(=O)=O)c([N+](=O)[O-])c1. The highest BCUT2D eigenvalue weighted by Gasteiger charge is 2.33. The molecule has 1 fully saturated rings. The standard InChI is InChI=1S/C10H10N2O6S/c13-10(14)7-2-3-8(9(6-7)12(15)16)11-4-1-5-19(11,17)18/h2-3,6H,1,4-5H2,(H,13,14). The van der Waals surface area contributed by atoms with Gasteiger partial charge in [0.05, 0.1) is 16.2 Å². The number of nitro groups is 1. The molecule has 1 saturated heterocycles. The minimum atomic E-state index is -3.55. The number of rotatable bonds is 3. The zero-order chi connectivity index (χ0) is 14.2. The second-order valence-electron chi connectivity index (χ2n) is 4.01. The van der Waals surface area contributed by atoms with Crippen LogP contribution in [0.2, 0.25) is 0 Å². The number of aromatic carboxylic acids is 1. The van der Waals surface area contributed by atoms with Gasteiger partial charge in [-0.05, 0) is 18.6 Å². The van der Waals surface area contributed by atoms with Gasteiger partial charge in [-0.2, -0.15) is 0 Å². The first-order chi connectivity index (χ1) is 8.83.